The smallest absolute Gasteiger partial charge is 0.164 e. The lowest BCUT2D eigenvalue weighted by atomic mass is 9.97. The maximum absolute atomic E-state index is 14.1. The Morgan fingerprint density at radius 2 is 1.83 bits per heavy atom. The van der Waals surface area contributed by atoms with Gasteiger partial charge in [0.15, 0.2) is 5.82 Å². The monoisotopic (exact) mass is 472 g/mol. The van der Waals surface area contributed by atoms with Gasteiger partial charge in [0.05, 0.1) is 11.0 Å². The van der Waals surface area contributed by atoms with Gasteiger partial charge in [0, 0.05) is 31.3 Å². The van der Waals surface area contributed by atoms with Gasteiger partial charge in [-0.1, -0.05) is 30.3 Å². The van der Waals surface area contributed by atoms with Gasteiger partial charge in [0.1, 0.15) is 23.6 Å². The van der Waals surface area contributed by atoms with E-state index in [0.717, 1.165) is 39.1 Å². The highest BCUT2D eigenvalue weighted by molar-refractivity contribution is 5.84. The van der Waals surface area contributed by atoms with Gasteiger partial charge in [0.2, 0.25) is 0 Å². The largest absolute Gasteiger partial charge is 0.338 e. The van der Waals surface area contributed by atoms with Crippen LogP contribution >= 0.6 is 0 Å². The minimum atomic E-state index is -1.26. The molecule has 0 atom stereocenters. The first-order chi connectivity index (χ1) is 16.8. The summed E-state index contributed by atoms with van der Waals surface area (Å²) < 4.78 is 29.6. The molecule has 0 fully saturated rings. The van der Waals surface area contributed by atoms with Crippen LogP contribution in [0.5, 0.6) is 0 Å². The van der Waals surface area contributed by atoms with E-state index in [9.17, 15) is 8.78 Å². The number of rotatable bonds is 7. The van der Waals surface area contributed by atoms with Gasteiger partial charge >= 0.3 is 0 Å². The average molecular weight is 473 g/mol. The summed E-state index contributed by atoms with van der Waals surface area (Å²) in [6, 6.07) is 18.6. The molecule has 0 spiro atoms. The number of H-pyrrole nitrogens is 1. The third-order valence-corrected chi connectivity index (χ3v) is 5.80. The molecule has 0 radical (unpaired) electrons. The summed E-state index contributed by atoms with van der Waals surface area (Å²) in [7, 11) is 1.83. The summed E-state index contributed by atoms with van der Waals surface area (Å²) in [5.74, 6) is 0.991. The number of aromatic amines is 1. The van der Waals surface area contributed by atoms with Gasteiger partial charge in [-0.15, -0.1) is 10.2 Å². The van der Waals surface area contributed by atoms with E-state index in [0.29, 0.717) is 17.9 Å². The number of imidazole rings is 1. The van der Waals surface area contributed by atoms with E-state index in [4.69, 9.17) is 4.98 Å². The summed E-state index contributed by atoms with van der Waals surface area (Å²) in [6.45, 7) is 3.97. The van der Waals surface area contributed by atoms with Crippen LogP contribution in [0.4, 0.5) is 8.78 Å². The fourth-order valence-corrected chi connectivity index (χ4v) is 4.12. The van der Waals surface area contributed by atoms with Gasteiger partial charge in [0.25, 0.3) is 0 Å². The van der Waals surface area contributed by atoms with E-state index in [1.165, 1.54) is 12.1 Å². The first-order valence-corrected chi connectivity index (χ1v) is 11.4. The Morgan fingerprint density at radius 3 is 2.60 bits per heavy atom. The molecule has 0 bridgehead atoms. The Balaban J connectivity index is 1.47. The van der Waals surface area contributed by atoms with Crippen molar-refractivity contribution in [1.29, 1.82) is 0 Å². The van der Waals surface area contributed by atoms with E-state index in [1.807, 2.05) is 49.5 Å². The molecule has 3 aromatic carbocycles. The van der Waals surface area contributed by atoms with E-state index < -0.39 is 5.67 Å². The Morgan fingerprint density at radius 1 is 1.00 bits per heavy atom. The molecule has 6 nitrogen and oxygen atoms in total. The molecule has 0 saturated heterocycles. The van der Waals surface area contributed by atoms with Crippen LogP contribution in [0, 0.1) is 5.82 Å². The molecule has 5 rings (SSSR count). The second-order valence-corrected chi connectivity index (χ2v) is 9.30. The summed E-state index contributed by atoms with van der Waals surface area (Å²) in [6.07, 6.45) is 1.59. The van der Waals surface area contributed by atoms with Crippen LogP contribution in [0.3, 0.4) is 0 Å². The van der Waals surface area contributed by atoms with E-state index in [2.05, 4.69) is 20.5 Å². The molecule has 0 aliphatic rings. The SMILES string of the molecule is Cn1cnnc1-c1cc(F)ccc1-c1cccc(-c2nc3ccc(CNCC(C)(C)F)cc3[nH]2)c1. The minimum absolute atomic E-state index is 0.284. The fraction of sp³-hybridized carbons (Fsp3) is 0.222. The minimum Gasteiger partial charge on any atom is -0.338 e. The lowest BCUT2D eigenvalue weighted by Gasteiger charge is -2.14. The number of nitrogens with one attached hydrogen (secondary N) is 2. The maximum atomic E-state index is 14.1. The van der Waals surface area contributed by atoms with Crippen LogP contribution in [-0.4, -0.2) is 36.9 Å². The third-order valence-electron chi connectivity index (χ3n) is 5.80. The molecule has 0 unspecified atom stereocenters. The Bertz CT molecular complexity index is 1500. The molecule has 0 aliphatic carbocycles. The van der Waals surface area contributed by atoms with Crippen LogP contribution in [0.1, 0.15) is 19.4 Å². The average Bonchev–Trinajstić information content (AvgIpc) is 3.44. The van der Waals surface area contributed by atoms with Crippen LogP contribution in [0.15, 0.2) is 67.0 Å². The summed E-state index contributed by atoms with van der Waals surface area (Å²) >= 11 is 0. The molecule has 0 saturated carbocycles. The summed E-state index contributed by atoms with van der Waals surface area (Å²) in [4.78, 5) is 8.16. The molecular weight excluding hydrogens is 446 g/mol. The molecule has 0 aliphatic heterocycles. The molecule has 2 heterocycles. The lowest BCUT2D eigenvalue weighted by Crippen LogP contribution is -2.30. The van der Waals surface area contributed by atoms with Crippen molar-refractivity contribution in [3.8, 4) is 33.9 Å². The normalized spacial score (nSPS) is 11.9. The quantitative estimate of drug-likeness (QED) is 0.320. The Labute approximate surface area is 202 Å². The van der Waals surface area contributed by atoms with Gasteiger partial charge in [-0.05, 0) is 60.9 Å². The molecule has 0 amide bonds. The first kappa shape index (κ1) is 22.9. The number of hydrogen-bond acceptors (Lipinski definition) is 4. The number of benzene rings is 3. The van der Waals surface area contributed by atoms with E-state index >= 15 is 0 Å². The van der Waals surface area contributed by atoms with Gasteiger partial charge in [-0.3, -0.25) is 0 Å². The second-order valence-electron chi connectivity index (χ2n) is 9.30. The predicted octanol–water partition coefficient (Wildman–Crippen LogP) is 5.67. The van der Waals surface area contributed by atoms with Crippen molar-refractivity contribution >= 4 is 11.0 Å². The van der Waals surface area contributed by atoms with Crippen molar-refractivity contribution in [3.63, 3.8) is 0 Å². The van der Waals surface area contributed by atoms with Gasteiger partial charge in [-0.2, -0.15) is 0 Å². The number of nitrogens with zero attached hydrogens (tertiary/aromatic N) is 4. The highest BCUT2D eigenvalue weighted by atomic mass is 19.1. The van der Waals surface area contributed by atoms with Gasteiger partial charge in [-0.25, -0.2) is 13.8 Å². The Kier molecular flexibility index (Phi) is 5.90. The predicted molar refractivity (Wildman–Crippen MR) is 134 cm³/mol. The van der Waals surface area contributed by atoms with Gasteiger partial charge < -0.3 is 14.9 Å². The van der Waals surface area contributed by atoms with Crippen LogP contribution in [0.25, 0.3) is 44.9 Å². The lowest BCUT2D eigenvalue weighted by molar-refractivity contribution is 0.210. The highest BCUT2D eigenvalue weighted by Crippen LogP contribution is 2.33. The highest BCUT2D eigenvalue weighted by Gasteiger charge is 2.16. The zero-order valence-corrected chi connectivity index (χ0v) is 19.8. The molecule has 178 valence electrons. The van der Waals surface area contributed by atoms with Crippen molar-refractivity contribution in [1.82, 2.24) is 30.0 Å². The number of hydrogen-bond donors (Lipinski definition) is 2. The molecule has 2 N–H and O–H groups in total. The first-order valence-electron chi connectivity index (χ1n) is 11.4. The van der Waals surface area contributed by atoms with Crippen molar-refractivity contribution in [3.05, 3.63) is 78.4 Å². The van der Waals surface area contributed by atoms with E-state index in [1.54, 1.807) is 30.8 Å². The molecule has 8 heteroatoms. The summed E-state index contributed by atoms with van der Waals surface area (Å²) in [5, 5.41) is 11.3. The van der Waals surface area contributed by atoms with Crippen molar-refractivity contribution in [2.75, 3.05) is 6.54 Å². The number of aromatic nitrogens is 5. The molecule has 5 aromatic rings. The van der Waals surface area contributed by atoms with Crippen molar-refractivity contribution in [2.45, 2.75) is 26.1 Å². The van der Waals surface area contributed by atoms with E-state index in [-0.39, 0.29) is 12.4 Å². The molecule has 2 aromatic heterocycles. The van der Waals surface area contributed by atoms with Crippen LogP contribution in [-0.2, 0) is 13.6 Å². The fourth-order valence-electron chi connectivity index (χ4n) is 4.12. The third kappa shape index (κ3) is 4.97. The Hall–Kier alpha value is -3.91. The van der Waals surface area contributed by atoms with Crippen molar-refractivity contribution in [2.24, 2.45) is 7.05 Å². The topological polar surface area (TPSA) is 71.4 Å². The van der Waals surface area contributed by atoms with Crippen molar-refractivity contribution < 1.29 is 8.78 Å². The standard InChI is InChI=1S/C27H26F2N6/c1-27(2,29)15-30-14-17-7-10-23-24(11-17)33-25(32-23)19-6-4-5-18(12-19)21-9-8-20(28)13-22(21)26-34-31-16-35(26)3/h4-13,16,30H,14-15H2,1-3H3,(H,32,33). The van der Waals surface area contributed by atoms with Crippen LogP contribution < -0.4 is 5.32 Å². The molecular formula is C27H26F2N6. The maximum Gasteiger partial charge on any atom is 0.164 e. The zero-order chi connectivity index (χ0) is 24.6. The van der Waals surface area contributed by atoms with Crippen LogP contribution in [0.2, 0.25) is 0 Å². The number of alkyl halides is 1. The second kappa shape index (κ2) is 9.03. The number of fused-ring (bicyclic) bond motifs is 1. The number of aryl methyl sites for hydroxylation is 1. The number of halogens is 2. The summed E-state index contributed by atoms with van der Waals surface area (Å²) in [5.41, 5.74) is 4.89. The zero-order valence-electron chi connectivity index (χ0n) is 19.8. The molecule has 35 heavy (non-hydrogen) atoms.